The van der Waals surface area contributed by atoms with E-state index in [1.54, 1.807) is 18.2 Å². The molecule has 210 valence electrons. The average molecular weight is 564 g/mol. The number of ketones is 1. The van der Waals surface area contributed by atoms with Crippen LogP contribution in [0.1, 0.15) is 56.8 Å². The maximum absolute atomic E-state index is 13.7. The highest BCUT2D eigenvalue weighted by Gasteiger charge is 2.48. The summed E-state index contributed by atoms with van der Waals surface area (Å²) < 4.78 is 16.7. The molecule has 0 saturated carbocycles. The van der Waals surface area contributed by atoms with Crippen molar-refractivity contribution in [2.75, 3.05) is 25.7 Å². The lowest BCUT2D eigenvalue weighted by molar-refractivity contribution is -0.132. The second-order valence-corrected chi connectivity index (χ2v) is 11.0. The molecule has 0 radical (unpaired) electrons. The van der Waals surface area contributed by atoms with Crippen molar-refractivity contribution < 1.29 is 28.9 Å². The summed E-state index contributed by atoms with van der Waals surface area (Å²) in [6.45, 7) is 8.74. The lowest BCUT2D eigenvalue weighted by atomic mass is 9.85. The Hall–Kier alpha value is -3.97. The summed E-state index contributed by atoms with van der Waals surface area (Å²) >= 11 is 6.39. The summed E-state index contributed by atoms with van der Waals surface area (Å²) in [6.07, 6.45) is 0.767. The van der Waals surface area contributed by atoms with Crippen molar-refractivity contribution in [3.05, 3.63) is 87.9 Å². The first-order chi connectivity index (χ1) is 19.0. The number of carbonyl (C=O) groups is 2. The van der Waals surface area contributed by atoms with Crippen LogP contribution in [0.15, 0.2) is 66.2 Å². The summed E-state index contributed by atoms with van der Waals surface area (Å²) in [4.78, 5) is 28.8. The van der Waals surface area contributed by atoms with Crippen molar-refractivity contribution in [2.24, 2.45) is 0 Å². The fraction of sp³-hybridized carbons (Fsp3) is 0.312. The zero-order valence-corrected chi connectivity index (χ0v) is 24.3. The number of benzene rings is 3. The number of carbonyl (C=O) groups excluding carboxylic acids is 2. The SMILES string of the molecule is CCCOc1ccccc1N1C(=O)C(=O)/C(=C(/O)c2cc(Cl)c(OC)cc2OC)C1c1ccc(C(C)(C)C)cc1. The second kappa shape index (κ2) is 11.6. The van der Waals surface area contributed by atoms with E-state index in [9.17, 15) is 14.7 Å². The van der Waals surface area contributed by atoms with Crippen molar-refractivity contribution in [1.29, 1.82) is 0 Å². The van der Waals surface area contributed by atoms with Crippen LogP contribution in [0.4, 0.5) is 5.69 Å². The Bertz CT molecular complexity index is 1460. The van der Waals surface area contributed by atoms with Crippen LogP contribution in [0.5, 0.6) is 17.2 Å². The lowest BCUT2D eigenvalue weighted by Gasteiger charge is -2.28. The molecule has 7 nitrogen and oxygen atoms in total. The fourth-order valence-electron chi connectivity index (χ4n) is 4.74. The number of nitrogens with zero attached hydrogens (tertiary/aromatic N) is 1. The van der Waals surface area contributed by atoms with E-state index in [4.69, 9.17) is 25.8 Å². The first kappa shape index (κ1) is 29.0. The number of para-hydroxylation sites is 2. The number of Topliss-reactive ketones (excluding diaryl/α,β-unsaturated/α-hetero) is 1. The van der Waals surface area contributed by atoms with Crippen LogP contribution in [0.25, 0.3) is 5.76 Å². The van der Waals surface area contributed by atoms with Gasteiger partial charge in [-0.3, -0.25) is 14.5 Å². The van der Waals surface area contributed by atoms with Crippen molar-refractivity contribution in [3.63, 3.8) is 0 Å². The van der Waals surface area contributed by atoms with Gasteiger partial charge in [0.15, 0.2) is 0 Å². The molecule has 0 aromatic heterocycles. The largest absolute Gasteiger partial charge is 0.507 e. The summed E-state index contributed by atoms with van der Waals surface area (Å²) in [7, 11) is 2.90. The van der Waals surface area contributed by atoms with E-state index in [1.807, 2.05) is 37.3 Å². The van der Waals surface area contributed by atoms with Crippen molar-refractivity contribution in [2.45, 2.75) is 45.6 Å². The summed E-state index contributed by atoms with van der Waals surface area (Å²) in [5, 5.41) is 11.9. The molecule has 1 atom stereocenters. The summed E-state index contributed by atoms with van der Waals surface area (Å²) in [5.74, 6) is -0.976. The molecule has 0 bridgehead atoms. The average Bonchev–Trinajstić information content (AvgIpc) is 3.20. The monoisotopic (exact) mass is 563 g/mol. The molecule has 1 unspecified atom stereocenters. The number of rotatable bonds is 8. The minimum absolute atomic E-state index is 0.0849. The Morgan fingerprint density at radius 3 is 2.20 bits per heavy atom. The summed E-state index contributed by atoms with van der Waals surface area (Å²) in [5.41, 5.74) is 2.15. The molecule has 8 heteroatoms. The minimum Gasteiger partial charge on any atom is -0.507 e. The van der Waals surface area contributed by atoms with Crippen molar-refractivity contribution >= 4 is 34.7 Å². The molecule has 1 saturated heterocycles. The van der Waals surface area contributed by atoms with E-state index in [-0.39, 0.29) is 27.3 Å². The molecule has 4 rings (SSSR count). The lowest BCUT2D eigenvalue weighted by Crippen LogP contribution is -2.30. The topological polar surface area (TPSA) is 85.3 Å². The van der Waals surface area contributed by atoms with Crippen LogP contribution in [0.2, 0.25) is 5.02 Å². The number of amides is 1. The van der Waals surface area contributed by atoms with Gasteiger partial charge in [-0.1, -0.05) is 75.7 Å². The number of anilines is 1. The number of aliphatic hydroxyl groups is 1. The van der Waals surface area contributed by atoms with Gasteiger partial charge in [0.2, 0.25) is 0 Å². The highest BCUT2D eigenvalue weighted by atomic mass is 35.5. The standard InChI is InChI=1S/C32H34ClNO6/c1-7-16-40-24-11-9-8-10-23(24)34-28(19-12-14-20(15-13-19)32(2,3)4)27(30(36)31(34)37)29(35)21-17-22(33)26(39-6)18-25(21)38-5/h8-15,17-18,28,35H,7,16H2,1-6H3/b29-27+. The number of aliphatic hydroxyl groups excluding tert-OH is 1. The van der Waals surface area contributed by atoms with E-state index in [2.05, 4.69) is 20.8 Å². The quantitative estimate of drug-likeness (QED) is 0.179. The fourth-order valence-corrected chi connectivity index (χ4v) is 4.98. The van der Waals surface area contributed by atoms with Crippen LogP contribution in [-0.4, -0.2) is 37.6 Å². The molecular formula is C32H34ClNO6. The normalized spacial score (nSPS) is 16.8. The smallest absolute Gasteiger partial charge is 0.300 e. The van der Waals surface area contributed by atoms with Crippen molar-refractivity contribution in [3.8, 4) is 17.2 Å². The third kappa shape index (κ3) is 5.39. The molecule has 3 aromatic carbocycles. The van der Waals surface area contributed by atoms with Gasteiger partial charge in [-0.2, -0.15) is 0 Å². The maximum atomic E-state index is 13.7. The van der Waals surface area contributed by atoms with Gasteiger partial charge in [0.1, 0.15) is 23.0 Å². The van der Waals surface area contributed by atoms with Crippen LogP contribution >= 0.6 is 11.6 Å². The highest BCUT2D eigenvalue weighted by molar-refractivity contribution is 6.52. The minimum atomic E-state index is -0.939. The maximum Gasteiger partial charge on any atom is 0.300 e. The molecule has 1 fully saturated rings. The van der Waals surface area contributed by atoms with E-state index >= 15 is 0 Å². The Labute approximate surface area is 239 Å². The molecule has 1 N–H and O–H groups in total. The molecule has 1 aliphatic heterocycles. The third-order valence-electron chi connectivity index (χ3n) is 6.85. The second-order valence-electron chi connectivity index (χ2n) is 10.5. The predicted molar refractivity (Wildman–Crippen MR) is 157 cm³/mol. The van der Waals surface area contributed by atoms with Gasteiger partial charge in [-0.25, -0.2) is 0 Å². The van der Waals surface area contributed by atoms with Gasteiger partial charge in [-0.05, 0) is 41.2 Å². The Morgan fingerprint density at radius 2 is 1.60 bits per heavy atom. The number of hydrogen-bond acceptors (Lipinski definition) is 6. The Balaban J connectivity index is 1.99. The number of hydrogen-bond donors (Lipinski definition) is 1. The van der Waals surface area contributed by atoms with E-state index in [1.165, 1.54) is 31.3 Å². The zero-order chi connectivity index (χ0) is 29.2. The van der Waals surface area contributed by atoms with Crippen LogP contribution in [-0.2, 0) is 15.0 Å². The molecular weight excluding hydrogens is 530 g/mol. The van der Waals surface area contributed by atoms with Gasteiger partial charge >= 0.3 is 0 Å². The number of methoxy groups -OCH3 is 2. The molecule has 0 aliphatic carbocycles. The van der Waals surface area contributed by atoms with Crippen molar-refractivity contribution in [1.82, 2.24) is 0 Å². The molecule has 0 spiro atoms. The van der Waals surface area contributed by atoms with Gasteiger partial charge in [-0.15, -0.1) is 0 Å². The summed E-state index contributed by atoms with van der Waals surface area (Å²) in [6, 6.07) is 16.8. The van der Waals surface area contributed by atoms with Gasteiger partial charge < -0.3 is 19.3 Å². The van der Waals surface area contributed by atoms with Gasteiger partial charge in [0.25, 0.3) is 11.7 Å². The molecule has 1 heterocycles. The van der Waals surface area contributed by atoms with Gasteiger partial charge in [0.05, 0.1) is 48.7 Å². The van der Waals surface area contributed by atoms with Crippen LogP contribution in [0, 0.1) is 0 Å². The van der Waals surface area contributed by atoms with E-state index in [0.717, 1.165) is 12.0 Å². The number of ether oxygens (including phenoxy) is 3. The first-order valence-corrected chi connectivity index (χ1v) is 13.5. The molecule has 40 heavy (non-hydrogen) atoms. The van der Waals surface area contributed by atoms with E-state index < -0.39 is 23.5 Å². The van der Waals surface area contributed by atoms with Crippen LogP contribution in [0.3, 0.4) is 0 Å². The van der Waals surface area contributed by atoms with E-state index in [0.29, 0.717) is 29.4 Å². The molecule has 1 amide bonds. The third-order valence-corrected chi connectivity index (χ3v) is 7.15. The van der Waals surface area contributed by atoms with Crippen LogP contribution < -0.4 is 19.1 Å². The van der Waals surface area contributed by atoms with Gasteiger partial charge in [0, 0.05) is 6.07 Å². The predicted octanol–water partition coefficient (Wildman–Crippen LogP) is 7.07. The first-order valence-electron chi connectivity index (χ1n) is 13.1. The highest BCUT2D eigenvalue weighted by Crippen LogP contribution is 2.47. The Morgan fingerprint density at radius 1 is 0.950 bits per heavy atom. The number of halogens is 1. The zero-order valence-electron chi connectivity index (χ0n) is 23.6. The molecule has 3 aromatic rings. The Kier molecular flexibility index (Phi) is 8.45. The molecule has 1 aliphatic rings.